The molecule has 98 valence electrons. The van der Waals surface area contributed by atoms with Crippen LogP contribution in [0.3, 0.4) is 0 Å². The molecule has 0 saturated carbocycles. The van der Waals surface area contributed by atoms with E-state index in [1.807, 2.05) is 0 Å². The Kier molecular flexibility index (Phi) is 4.97. The molecular formula is C16H24N2. The van der Waals surface area contributed by atoms with Crippen LogP contribution in [0.2, 0.25) is 0 Å². The largest absolute Gasteiger partial charge is 0.329 e. The van der Waals surface area contributed by atoms with Gasteiger partial charge in [-0.25, -0.2) is 0 Å². The standard InChI is InChI=1S/C16H24N2/c1-13-6-8-15(9-7-13)16(12-17)18-11-10-14-4-2-3-5-14/h4,6-9,16,18H,2-3,5,10-12,17H2,1H3. The van der Waals surface area contributed by atoms with Crippen LogP contribution in [0.4, 0.5) is 0 Å². The molecule has 18 heavy (non-hydrogen) atoms. The molecule has 0 fully saturated rings. The van der Waals surface area contributed by atoms with E-state index in [-0.39, 0.29) is 6.04 Å². The van der Waals surface area contributed by atoms with Crippen molar-refractivity contribution in [3.05, 3.63) is 47.0 Å². The van der Waals surface area contributed by atoms with Crippen LogP contribution in [0.25, 0.3) is 0 Å². The lowest BCUT2D eigenvalue weighted by atomic mass is 10.0. The topological polar surface area (TPSA) is 38.0 Å². The van der Waals surface area contributed by atoms with E-state index in [4.69, 9.17) is 5.73 Å². The van der Waals surface area contributed by atoms with E-state index in [1.54, 1.807) is 5.57 Å². The molecule has 0 spiro atoms. The predicted molar refractivity (Wildman–Crippen MR) is 77.5 cm³/mol. The summed E-state index contributed by atoms with van der Waals surface area (Å²) in [5, 5.41) is 3.57. The Labute approximate surface area is 110 Å². The van der Waals surface area contributed by atoms with Crippen LogP contribution in [0.5, 0.6) is 0 Å². The van der Waals surface area contributed by atoms with Crippen LogP contribution in [0.15, 0.2) is 35.9 Å². The van der Waals surface area contributed by atoms with Crippen LogP contribution in [-0.2, 0) is 0 Å². The number of rotatable bonds is 6. The minimum Gasteiger partial charge on any atom is -0.329 e. The van der Waals surface area contributed by atoms with Gasteiger partial charge in [0.05, 0.1) is 0 Å². The fourth-order valence-electron chi connectivity index (χ4n) is 2.51. The Morgan fingerprint density at radius 2 is 2.06 bits per heavy atom. The molecule has 0 aliphatic heterocycles. The molecule has 1 aliphatic carbocycles. The molecule has 0 bridgehead atoms. The summed E-state index contributed by atoms with van der Waals surface area (Å²) in [6.45, 7) is 3.80. The summed E-state index contributed by atoms with van der Waals surface area (Å²) in [6.07, 6.45) is 7.47. The minimum atomic E-state index is 0.285. The van der Waals surface area contributed by atoms with E-state index in [1.165, 1.54) is 36.8 Å². The van der Waals surface area contributed by atoms with Gasteiger partial charge in [0.15, 0.2) is 0 Å². The highest BCUT2D eigenvalue weighted by Crippen LogP contribution is 2.20. The first-order valence-electron chi connectivity index (χ1n) is 6.97. The molecule has 1 aromatic rings. The maximum atomic E-state index is 5.86. The average Bonchev–Trinajstić information content (AvgIpc) is 2.89. The minimum absolute atomic E-state index is 0.285. The van der Waals surface area contributed by atoms with Crippen molar-refractivity contribution in [2.24, 2.45) is 5.73 Å². The smallest absolute Gasteiger partial charge is 0.0444 e. The monoisotopic (exact) mass is 244 g/mol. The Balaban J connectivity index is 1.83. The van der Waals surface area contributed by atoms with Gasteiger partial charge in [0, 0.05) is 12.6 Å². The molecule has 0 amide bonds. The van der Waals surface area contributed by atoms with Gasteiger partial charge in [-0.1, -0.05) is 41.5 Å². The first kappa shape index (κ1) is 13.3. The highest BCUT2D eigenvalue weighted by Gasteiger charge is 2.09. The molecule has 0 radical (unpaired) electrons. The zero-order valence-corrected chi connectivity index (χ0v) is 11.3. The molecule has 2 heteroatoms. The van der Waals surface area contributed by atoms with E-state index in [0.717, 1.165) is 6.54 Å². The molecule has 0 aromatic heterocycles. The molecule has 1 aromatic carbocycles. The Morgan fingerprint density at radius 3 is 2.67 bits per heavy atom. The van der Waals surface area contributed by atoms with Crippen molar-refractivity contribution >= 4 is 0 Å². The number of benzene rings is 1. The Morgan fingerprint density at radius 1 is 1.28 bits per heavy atom. The molecule has 0 saturated heterocycles. The Bertz CT molecular complexity index is 392. The molecule has 0 heterocycles. The fraction of sp³-hybridized carbons (Fsp3) is 0.500. The highest BCUT2D eigenvalue weighted by molar-refractivity contribution is 5.24. The molecule has 2 rings (SSSR count). The van der Waals surface area contributed by atoms with Crippen LogP contribution in [0, 0.1) is 6.92 Å². The van der Waals surface area contributed by atoms with Crippen molar-refractivity contribution in [3.63, 3.8) is 0 Å². The zero-order chi connectivity index (χ0) is 12.8. The molecule has 3 N–H and O–H groups in total. The second-order valence-corrected chi connectivity index (χ2v) is 5.16. The molecule has 1 aliphatic rings. The third-order valence-electron chi connectivity index (χ3n) is 3.69. The zero-order valence-electron chi connectivity index (χ0n) is 11.3. The number of nitrogens with one attached hydrogen (secondary N) is 1. The SMILES string of the molecule is Cc1ccc(C(CN)NCCC2=CCCC2)cc1. The van der Waals surface area contributed by atoms with E-state index in [0.29, 0.717) is 6.54 Å². The van der Waals surface area contributed by atoms with E-state index in [2.05, 4.69) is 42.6 Å². The number of nitrogens with two attached hydrogens (primary N) is 1. The van der Waals surface area contributed by atoms with Gasteiger partial charge in [-0.2, -0.15) is 0 Å². The van der Waals surface area contributed by atoms with E-state index in [9.17, 15) is 0 Å². The van der Waals surface area contributed by atoms with Crippen molar-refractivity contribution in [3.8, 4) is 0 Å². The second kappa shape index (κ2) is 6.72. The number of aryl methyl sites for hydroxylation is 1. The van der Waals surface area contributed by atoms with Crippen LogP contribution < -0.4 is 11.1 Å². The third-order valence-corrected chi connectivity index (χ3v) is 3.69. The van der Waals surface area contributed by atoms with Crippen molar-refractivity contribution in [1.29, 1.82) is 0 Å². The number of hydrogen-bond acceptors (Lipinski definition) is 2. The quantitative estimate of drug-likeness (QED) is 0.755. The summed E-state index contributed by atoms with van der Waals surface area (Å²) in [7, 11) is 0. The van der Waals surface area contributed by atoms with Crippen molar-refractivity contribution in [1.82, 2.24) is 5.32 Å². The summed E-state index contributed by atoms with van der Waals surface area (Å²) in [4.78, 5) is 0. The molecule has 2 nitrogen and oxygen atoms in total. The van der Waals surface area contributed by atoms with E-state index < -0.39 is 0 Å². The molecular weight excluding hydrogens is 220 g/mol. The average molecular weight is 244 g/mol. The van der Waals surface area contributed by atoms with Crippen molar-refractivity contribution in [2.45, 2.75) is 38.6 Å². The summed E-state index contributed by atoms with van der Waals surface area (Å²) in [6, 6.07) is 8.94. The van der Waals surface area contributed by atoms with Crippen LogP contribution >= 0.6 is 0 Å². The van der Waals surface area contributed by atoms with Gasteiger partial charge in [0.2, 0.25) is 0 Å². The molecule has 1 atom stereocenters. The Hall–Kier alpha value is -1.12. The van der Waals surface area contributed by atoms with Crippen LogP contribution in [-0.4, -0.2) is 13.1 Å². The summed E-state index contributed by atoms with van der Waals surface area (Å²) in [5.41, 5.74) is 10.1. The van der Waals surface area contributed by atoms with Gasteiger partial charge in [0.25, 0.3) is 0 Å². The first-order valence-corrected chi connectivity index (χ1v) is 6.97. The summed E-state index contributed by atoms with van der Waals surface area (Å²) < 4.78 is 0. The highest BCUT2D eigenvalue weighted by atomic mass is 14.9. The van der Waals surface area contributed by atoms with E-state index >= 15 is 0 Å². The lowest BCUT2D eigenvalue weighted by Gasteiger charge is -2.17. The van der Waals surface area contributed by atoms with Gasteiger partial charge < -0.3 is 11.1 Å². The lowest BCUT2D eigenvalue weighted by Crippen LogP contribution is -2.29. The summed E-state index contributed by atoms with van der Waals surface area (Å²) in [5.74, 6) is 0. The van der Waals surface area contributed by atoms with Crippen LogP contribution in [0.1, 0.15) is 42.9 Å². The van der Waals surface area contributed by atoms with Crippen molar-refractivity contribution in [2.75, 3.05) is 13.1 Å². The summed E-state index contributed by atoms with van der Waals surface area (Å²) >= 11 is 0. The normalized spacial score (nSPS) is 16.7. The maximum Gasteiger partial charge on any atom is 0.0444 e. The first-order chi connectivity index (χ1) is 8.79. The lowest BCUT2D eigenvalue weighted by molar-refractivity contribution is 0.542. The van der Waals surface area contributed by atoms with Gasteiger partial charge in [-0.05, 0) is 44.7 Å². The second-order valence-electron chi connectivity index (χ2n) is 5.16. The number of hydrogen-bond donors (Lipinski definition) is 2. The van der Waals surface area contributed by atoms with Gasteiger partial charge in [-0.3, -0.25) is 0 Å². The maximum absolute atomic E-state index is 5.86. The molecule has 1 unspecified atom stereocenters. The van der Waals surface area contributed by atoms with Gasteiger partial charge in [-0.15, -0.1) is 0 Å². The van der Waals surface area contributed by atoms with Crippen molar-refractivity contribution < 1.29 is 0 Å². The van der Waals surface area contributed by atoms with Gasteiger partial charge in [0.1, 0.15) is 0 Å². The van der Waals surface area contributed by atoms with Gasteiger partial charge >= 0.3 is 0 Å². The third kappa shape index (κ3) is 3.69. The number of allylic oxidation sites excluding steroid dienone is 1. The predicted octanol–water partition coefficient (Wildman–Crippen LogP) is 3.08. The fourth-order valence-corrected chi connectivity index (χ4v) is 2.51.